The summed E-state index contributed by atoms with van der Waals surface area (Å²) in [4.78, 5) is 13.6. The number of carbonyl (C=O) groups is 1. The van der Waals surface area contributed by atoms with Gasteiger partial charge in [0, 0.05) is 20.6 Å². The van der Waals surface area contributed by atoms with Crippen LogP contribution in [0.3, 0.4) is 0 Å². The number of fused-ring (bicyclic) bond motifs is 1. The number of methoxy groups -OCH3 is 1. The van der Waals surface area contributed by atoms with Gasteiger partial charge in [-0.25, -0.2) is 0 Å². The van der Waals surface area contributed by atoms with Crippen LogP contribution in [-0.2, 0) is 21.7 Å². The maximum atomic E-state index is 11.7. The summed E-state index contributed by atoms with van der Waals surface area (Å²) in [6.45, 7) is 3.40. The predicted molar refractivity (Wildman–Crippen MR) is 110 cm³/mol. The normalized spacial score (nSPS) is 19.1. The molecular formula is C24H25NO3. The molecule has 4 nitrogen and oxygen atoms in total. The molecule has 1 saturated heterocycles. The lowest BCUT2D eigenvalue weighted by Crippen LogP contribution is -2.34. The van der Waals surface area contributed by atoms with Crippen molar-refractivity contribution in [3.63, 3.8) is 0 Å². The van der Waals surface area contributed by atoms with Gasteiger partial charge < -0.3 is 14.4 Å². The Labute approximate surface area is 165 Å². The Morgan fingerprint density at radius 2 is 1.86 bits per heavy atom. The number of ether oxygens (including phenoxy) is 2. The summed E-state index contributed by atoms with van der Waals surface area (Å²) in [6, 6.07) is 22.8. The van der Waals surface area contributed by atoms with E-state index in [0.717, 1.165) is 23.3 Å². The van der Waals surface area contributed by atoms with Crippen LogP contribution < -0.4 is 4.74 Å². The Morgan fingerprint density at radius 1 is 1.04 bits per heavy atom. The van der Waals surface area contributed by atoms with E-state index in [9.17, 15) is 4.79 Å². The fourth-order valence-electron chi connectivity index (χ4n) is 3.94. The molecule has 0 spiro atoms. The number of amides is 1. The topological polar surface area (TPSA) is 38.8 Å². The molecular weight excluding hydrogens is 350 g/mol. The second kappa shape index (κ2) is 7.64. The van der Waals surface area contributed by atoms with Crippen LogP contribution in [0.4, 0.5) is 0 Å². The molecule has 4 heteroatoms. The molecule has 1 fully saturated rings. The minimum Gasteiger partial charge on any atom is -0.489 e. The van der Waals surface area contributed by atoms with Crippen molar-refractivity contribution in [2.45, 2.75) is 25.6 Å². The second-order valence-corrected chi connectivity index (χ2v) is 7.39. The van der Waals surface area contributed by atoms with Crippen LogP contribution in [-0.4, -0.2) is 31.0 Å². The highest BCUT2D eigenvalue weighted by molar-refractivity contribution is 5.82. The zero-order valence-corrected chi connectivity index (χ0v) is 16.4. The molecule has 0 bridgehead atoms. The van der Waals surface area contributed by atoms with E-state index in [1.54, 1.807) is 14.0 Å². The Morgan fingerprint density at radius 3 is 2.61 bits per heavy atom. The lowest BCUT2D eigenvalue weighted by Gasteiger charge is -2.28. The number of benzene rings is 3. The van der Waals surface area contributed by atoms with Crippen molar-refractivity contribution >= 4 is 16.7 Å². The highest BCUT2D eigenvalue weighted by Crippen LogP contribution is 2.36. The van der Waals surface area contributed by atoms with Crippen molar-refractivity contribution in [3.05, 3.63) is 77.9 Å². The number of nitrogens with zero attached hydrogens (tertiary/aromatic N) is 1. The first-order valence-corrected chi connectivity index (χ1v) is 9.61. The van der Waals surface area contributed by atoms with Gasteiger partial charge in [-0.1, -0.05) is 48.5 Å². The summed E-state index contributed by atoms with van der Waals surface area (Å²) in [7, 11) is 1.71. The highest BCUT2D eigenvalue weighted by atomic mass is 16.5. The average molecular weight is 375 g/mol. The predicted octanol–water partition coefficient (Wildman–Crippen LogP) is 4.51. The Hall–Kier alpha value is -2.85. The number of rotatable bonds is 5. The molecule has 1 amide bonds. The van der Waals surface area contributed by atoms with Gasteiger partial charge in [0.15, 0.2) is 0 Å². The van der Waals surface area contributed by atoms with Gasteiger partial charge >= 0.3 is 0 Å². The summed E-state index contributed by atoms with van der Waals surface area (Å²) in [6.07, 6.45) is 0.789. The molecule has 28 heavy (non-hydrogen) atoms. The fourth-order valence-corrected chi connectivity index (χ4v) is 3.94. The maximum absolute atomic E-state index is 11.7. The van der Waals surface area contributed by atoms with Gasteiger partial charge in [-0.2, -0.15) is 0 Å². The summed E-state index contributed by atoms with van der Waals surface area (Å²) in [5.41, 5.74) is 1.72. The van der Waals surface area contributed by atoms with Crippen LogP contribution in [0.1, 0.15) is 24.5 Å². The van der Waals surface area contributed by atoms with E-state index in [2.05, 4.69) is 36.4 Å². The first kappa shape index (κ1) is 18.5. The van der Waals surface area contributed by atoms with Crippen LogP contribution in [0.25, 0.3) is 10.8 Å². The minimum absolute atomic E-state index is 0.0858. The quantitative estimate of drug-likeness (QED) is 0.658. The number of likely N-dealkylation sites (tertiary alicyclic amines) is 1. The zero-order valence-electron chi connectivity index (χ0n) is 16.4. The Bertz CT molecular complexity index is 1000. The van der Waals surface area contributed by atoms with Gasteiger partial charge in [0.2, 0.25) is 5.91 Å². The number of hydrogen-bond donors (Lipinski definition) is 0. The third-order valence-corrected chi connectivity index (χ3v) is 5.65. The summed E-state index contributed by atoms with van der Waals surface area (Å²) >= 11 is 0. The van der Waals surface area contributed by atoms with Gasteiger partial charge in [-0.15, -0.1) is 0 Å². The number of hydrogen-bond acceptors (Lipinski definition) is 3. The summed E-state index contributed by atoms with van der Waals surface area (Å²) in [5.74, 6) is 0.894. The summed E-state index contributed by atoms with van der Waals surface area (Å²) < 4.78 is 12.0. The molecule has 4 rings (SSSR count). The SMILES string of the molecule is COC1(c2cccc(OCc3ccc4ccccc4c3)c2)CCN(C(C)=O)C1. The van der Waals surface area contributed by atoms with Crippen LogP contribution in [0.2, 0.25) is 0 Å². The molecule has 0 saturated carbocycles. The van der Waals surface area contributed by atoms with E-state index in [1.807, 2.05) is 35.2 Å². The summed E-state index contributed by atoms with van der Waals surface area (Å²) in [5, 5.41) is 2.44. The van der Waals surface area contributed by atoms with E-state index >= 15 is 0 Å². The molecule has 1 unspecified atom stereocenters. The third-order valence-electron chi connectivity index (χ3n) is 5.65. The van der Waals surface area contributed by atoms with E-state index in [0.29, 0.717) is 19.7 Å². The molecule has 3 aromatic rings. The Balaban J connectivity index is 1.51. The first-order valence-electron chi connectivity index (χ1n) is 9.61. The molecule has 0 radical (unpaired) electrons. The molecule has 0 aliphatic carbocycles. The first-order chi connectivity index (χ1) is 13.6. The van der Waals surface area contributed by atoms with E-state index in [-0.39, 0.29) is 5.91 Å². The maximum Gasteiger partial charge on any atom is 0.219 e. The average Bonchev–Trinajstić information content (AvgIpc) is 3.19. The van der Waals surface area contributed by atoms with Gasteiger partial charge in [0.1, 0.15) is 18.0 Å². The third kappa shape index (κ3) is 3.60. The van der Waals surface area contributed by atoms with Crippen molar-refractivity contribution in [2.75, 3.05) is 20.2 Å². The van der Waals surface area contributed by atoms with Gasteiger partial charge in [0.25, 0.3) is 0 Å². The lowest BCUT2D eigenvalue weighted by molar-refractivity contribution is -0.129. The van der Waals surface area contributed by atoms with Crippen LogP contribution in [0.15, 0.2) is 66.7 Å². The van der Waals surface area contributed by atoms with E-state index in [1.165, 1.54) is 10.8 Å². The van der Waals surface area contributed by atoms with Crippen molar-refractivity contribution < 1.29 is 14.3 Å². The molecule has 1 aliphatic rings. The van der Waals surface area contributed by atoms with Crippen LogP contribution >= 0.6 is 0 Å². The number of carbonyl (C=O) groups excluding carboxylic acids is 1. The van der Waals surface area contributed by atoms with Crippen molar-refractivity contribution in [1.29, 1.82) is 0 Å². The molecule has 1 aliphatic heterocycles. The molecule has 0 aromatic heterocycles. The minimum atomic E-state index is -0.464. The monoisotopic (exact) mass is 375 g/mol. The standard InChI is InChI=1S/C24H25NO3/c1-18(26)25-13-12-24(17-25,27-2)22-8-5-9-23(15-22)28-16-19-10-11-20-6-3-4-7-21(20)14-19/h3-11,14-15H,12-13,16-17H2,1-2H3. The second-order valence-electron chi connectivity index (χ2n) is 7.39. The molecule has 3 aromatic carbocycles. The largest absolute Gasteiger partial charge is 0.489 e. The van der Waals surface area contributed by atoms with E-state index in [4.69, 9.17) is 9.47 Å². The van der Waals surface area contributed by atoms with Crippen LogP contribution in [0.5, 0.6) is 5.75 Å². The molecule has 1 heterocycles. The fraction of sp³-hybridized carbons (Fsp3) is 0.292. The zero-order chi connectivity index (χ0) is 19.6. The van der Waals surface area contributed by atoms with Crippen molar-refractivity contribution in [2.24, 2.45) is 0 Å². The van der Waals surface area contributed by atoms with Crippen molar-refractivity contribution in [1.82, 2.24) is 4.90 Å². The van der Waals surface area contributed by atoms with Crippen molar-refractivity contribution in [3.8, 4) is 5.75 Å². The van der Waals surface area contributed by atoms with E-state index < -0.39 is 5.60 Å². The Kier molecular flexibility index (Phi) is 5.05. The van der Waals surface area contributed by atoms with Crippen LogP contribution in [0, 0.1) is 0 Å². The smallest absolute Gasteiger partial charge is 0.219 e. The molecule has 1 atom stereocenters. The highest BCUT2D eigenvalue weighted by Gasteiger charge is 2.41. The van der Waals surface area contributed by atoms with Gasteiger partial charge in [-0.05, 0) is 46.5 Å². The van der Waals surface area contributed by atoms with Gasteiger partial charge in [0.05, 0.1) is 6.54 Å². The van der Waals surface area contributed by atoms with Gasteiger partial charge in [-0.3, -0.25) is 4.79 Å². The molecule has 0 N–H and O–H groups in total. The lowest BCUT2D eigenvalue weighted by atomic mass is 9.92. The molecule has 144 valence electrons.